The third kappa shape index (κ3) is 3.32. The van der Waals surface area contributed by atoms with E-state index < -0.39 is 0 Å². The van der Waals surface area contributed by atoms with Crippen molar-refractivity contribution in [3.63, 3.8) is 0 Å². The number of pyridine rings is 1. The summed E-state index contributed by atoms with van der Waals surface area (Å²) in [6.07, 6.45) is 3.04. The molecular weight excluding hydrogens is 359 g/mol. The molecule has 0 saturated heterocycles. The predicted molar refractivity (Wildman–Crippen MR) is 90.8 cm³/mol. The Morgan fingerprint density at radius 2 is 1.74 bits per heavy atom. The number of aromatic nitrogens is 3. The molecule has 0 saturated carbocycles. The number of anilines is 1. The van der Waals surface area contributed by atoms with Crippen LogP contribution in [0.4, 0.5) is 5.69 Å². The monoisotopic (exact) mass is 366 g/mol. The van der Waals surface area contributed by atoms with Crippen LogP contribution in [0.5, 0.6) is 0 Å². The second-order valence-corrected chi connectivity index (χ2v) is 5.61. The van der Waals surface area contributed by atoms with Gasteiger partial charge in [0.2, 0.25) is 0 Å². The standard InChI is InChI=1S/C15H9Cl3N4O/c16-12-11(2-1-7-19-12)15(23)21-9-3-5-10(6-4-9)22-8-20-13(17)14(22)18/h1-8H,(H,21,23). The number of carbonyl (C=O) groups excluding carboxylic acids is 1. The van der Waals surface area contributed by atoms with Crippen molar-refractivity contribution in [2.45, 2.75) is 0 Å². The summed E-state index contributed by atoms with van der Waals surface area (Å²) in [5.74, 6) is -0.334. The highest BCUT2D eigenvalue weighted by Gasteiger charge is 2.11. The maximum Gasteiger partial charge on any atom is 0.258 e. The lowest BCUT2D eigenvalue weighted by atomic mass is 10.2. The van der Waals surface area contributed by atoms with Crippen molar-refractivity contribution in [2.75, 3.05) is 5.32 Å². The van der Waals surface area contributed by atoms with Gasteiger partial charge in [-0.15, -0.1) is 0 Å². The summed E-state index contributed by atoms with van der Waals surface area (Å²) in [6, 6.07) is 10.3. The van der Waals surface area contributed by atoms with E-state index in [4.69, 9.17) is 34.8 Å². The highest BCUT2D eigenvalue weighted by atomic mass is 35.5. The summed E-state index contributed by atoms with van der Waals surface area (Å²) < 4.78 is 1.63. The van der Waals surface area contributed by atoms with Crippen molar-refractivity contribution in [1.29, 1.82) is 0 Å². The smallest absolute Gasteiger partial charge is 0.258 e. The Hall–Kier alpha value is -2.08. The fourth-order valence-corrected chi connectivity index (χ4v) is 2.48. The second kappa shape index (κ2) is 6.58. The third-order valence-electron chi connectivity index (χ3n) is 3.08. The van der Waals surface area contributed by atoms with Gasteiger partial charge in [0.15, 0.2) is 10.3 Å². The molecule has 0 spiro atoms. The quantitative estimate of drug-likeness (QED) is 0.694. The molecule has 0 radical (unpaired) electrons. The van der Waals surface area contributed by atoms with Crippen LogP contribution < -0.4 is 5.32 Å². The van der Waals surface area contributed by atoms with Gasteiger partial charge in [-0.3, -0.25) is 9.36 Å². The molecule has 1 N–H and O–H groups in total. The Bertz CT molecular complexity index is 861. The van der Waals surface area contributed by atoms with Crippen molar-refractivity contribution in [3.05, 3.63) is 69.9 Å². The molecule has 5 nitrogen and oxygen atoms in total. The zero-order valence-electron chi connectivity index (χ0n) is 11.5. The lowest BCUT2D eigenvalue weighted by Gasteiger charge is -2.08. The maximum atomic E-state index is 12.2. The van der Waals surface area contributed by atoms with Gasteiger partial charge in [-0.25, -0.2) is 9.97 Å². The number of hydrogen-bond acceptors (Lipinski definition) is 3. The average Bonchev–Trinajstić information content (AvgIpc) is 2.88. The minimum absolute atomic E-state index is 0.154. The number of amides is 1. The Morgan fingerprint density at radius 3 is 2.35 bits per heavy atom. The molecule has 8 heteroatoms. The van der Waals surface area contributed by atoms with E-state index in [-0.39, 0.29) is 16.2 Å². The summed E-state index contributed by atoms with van der Waals surface area (Å²) in [5.41, 5.74) is 1.69. The van der Waals surface area contributed by atoms with Crippen LogP contribution in [0.1, 0.15) is 10.4 Å². The van der Waals surface area contributed by atoms with E-state index in [1.165, 1.54) is 12.5 Å². The lowest BCUT2D eigenvalue weighted by molar-refractivity contribution is 0.102. The van der Waals surface area contributed by atoms with Crippen LogP contribution in [0, 0.1) is 0 Å². The largest absolute Gasteiger partial charge is 0.322 e. The first-order valence-corrected chi connectivity index (χ1v) is 7.60. The minimum atomic E-state index is -0.334. The number of halogens is 3. The van der Waals surface area contributed by atoms with Gasteiger partial charge in [-0.2, -0.15) is 0 Å². The average molecular weight is 368 g/mol. The van der Waals surface area contributed by atoms with E-state index in [0.29, 0.717) is 16.4 Å². The highest BCUT2D eigenvalue weighted by molar-refractivity contribution is 6.40. The molecule has 3 rings (SSSR count). The van der Waals surface area contributed by atoms with Gasteiger partial charge in [0, 0.05) is 17.6 Å². The van der Waals surface area contributed by atoms with Gasteiger partial charge >= 0.3 is 0 Å². The number of benzene rings is 1. The van der Waals surface area contributed by atoms with Crippen LogP contribution in [0.2, 0.25) is 15.5 Å². The first-order valence-electron chi connectivity index (χ1n) is 6.47. The molecule has 0 aliphatic rings. The summed E-state index contributed by atoms with van der Waals surface area (Å²) in [7, 11) is 0. The van der Waals surface area contributed by atoms with Crippen LogP contribution in [0.25, 0.3) is 5.69 Å². The number of nitrogens with zero attached hydrogens (tertiary/aromatic N) is 3. The first kappa shape index (κ1) is 15.8. The predicted octanol–water partition coefficient (Wildman–Crippen LogP) is 4.48. The minimum Gasteiger partial charge on any atom is -0.322 e. The van der Waals surface area contributed by atoms with Crippen LogP contribution in [0.3, 0.4) is 0 Å². The molecule has 0 unspecified atom stereocenters. The number of nitrogens with one attached hydrogen (secondary N) is 1. The van der Waals surface area contributed by atoms with Gasteiger partial charge in [0.1, 0.15) is 11.5 Å². The first-order chi connectivity index (χ1) is 11.1. The van der Waals surface area contributed by atoms with Crippen molar-refractivity contribution in [3.8, 4) is 5.69 Å². The topological polar surface area (TPSA) is 59.8 Å². The van der Waals surface area contributed by atoms with Gasteiger partial charge < -0.3 is 5.32 Å². The van der Waals surface area contributed by atoms with E-state index in [1.54, 1.807) is 41.0 Å². The number of imidazole rings is 1. The number of hydrogen-bond donors (Lipinski definition) is 1. The van der Waals surface area contributed by atoms with E-state index in [0.717, 1.165) is 5.69 Å². The Balaban J connectivity index is 1.79. The second-order valence-electron chi connectivity index (χ2n) is 4.54. The molecule has 0 aliphatic heterocycles. The summed E-state index contributed by atoms with van der Waals surface area (Å²) in [5, 5.41) is 3.46. The summed E-state index contributed by atoms with van der Waals surface area (Å²) in [6.45, 7) is 0. The number of carbonyl (C=O) groups is 1. The van der Waals surface area contributed by atoms with Crippen molar-refractivity contribution in [2.24, 2.45) is 0 Å². The molecule has 1 amide bonds. The molecule has 23 heavy (non-hydrogen) atoms. The lowest BCUT2D eigenvalue weighted by Crippen LogP contribution is -2.12. The van der Waals surface area contributed by atoms with Gasteiger partial charge in [0.25, 0.3) is 5.91 Å². The van der Waals surface area contributed by atoms with E-state index in [2.05, 4.69) is 15.3 Å². The van der Waals surface area contributed by atoms with Crippen LogP contribution in [-0.4, -0.2) is 20.4 Å². The summed E-state index contributed by atoms with van der Waals surface area (Å²) in [4.78, 5) is 20.0. The zero-order valence-corrected chi connectivity index (χ0v) is 13.8. The van der Waals surface area contributed by atoms with Crippen LogP contribution >= 0.6 is 34.8 Å². The summed E-state index contributed by atoms with van der Waals surface area (Å²) >= 11 is 17.8. The molecule has 0 bridgehead atoms. The van der Waals surface area contributed by atoms with E-state index in [9.17, 15) is 4.79 Å². The van der Waals surface area contributed by atoms with Crippen molar-refractivity contribution in [1.82, 2.24) is 14.5 Å². The van der Waals surface area contributed by atoms with Gasteiger partial charge in [-0.1, -0.05) is 34.8 Å². The maximum absolute atomic E-state index is 12.2. The molecular formula is C15H9Cl3N4O. The van der Waals surface area contributed by atoms with Crippen molar-refractivity contribution < 1.29 is 4.79 Å². The zero-order chi connectivity index (χ0) is 16.4. The van der Waals surface area contributed by atoms with E-state index in [1.807, 2.05) is 0 Å². The number of rotatable bonds is 3. The van der Waals surface area contributed by atoms with E-state index >= 15 is 0 Å². The molecule has 3 aromatic rings. The Labute approximate surface area is 146 Å². The van der Waals surface area contributed by atoms with Crippen molar-refractivity contribution >= 4 is 46.4 Å². The van der Waals surface area contributed by atoms with Crippen LogP contribution in [-0.2, 0) is 0 Å². The van der Waals surface area contributed by atoms with Gasteiger partial charge in [0.05, 0.1) is 5.56 Å². The fraction of sp³-hybridized carbons (Fsp3) is 0. The normalized spacial score (nSPS) is 10.6. The molecule has 0 fully saturated rings. The Morgan fingerprint density at radius 1 is 1.00 bits per heavy atom. The van der Waals surface area contributed by atoms with Gasteiger partial charge in [-0.05, 0) is 36.4 Å². The third-order valence-corrected chi connectivity index (χ3v) is 4.11. The van der Waals surface area contributed by atoms with Crippen LogP contribution in [0.15, 0.2) is 48.9 Å². The SMILES string of the molecule is O=C(Nc1ccc(-n2cnc(Cl)c2Cl)cc1)c1cccnc1Cl. The molecule has 116 valence electrons. The molecule has 0 aliphatic carbocycles. The molecule has 2 aromatic heterocycles. The Kier molecular flexibility index (Phi) is 4.52. The highest BCUT2D eigenvalue weighted by Crippen LogP contribution is 2.24. The molecule has 2 heterocycles. The molecule has 0 atom stereocenters. The fourth-order valence-electron chi connectivity index (χ4n) is 1.95. The molecule has 1 aromatic carbocycles.